The molecule has 0 amide bonds. The van der Waals surface area contributed by atoms with E-state index in [1.807, 2.05) is 24.3 Å². The molecular formula is C34H35ClFN3O5. The zero-order valence-electron chi connectivity index (χ0n) is 24.8. The van der Waals surface area contributed by atoms with Crippen LogP contribution < -0.4 is 9.47 Å². The molecule has 44 heavy (non-hydrogen) atoms. The normalized spacial score (nSPS) is 23.4. The number of ether oxygens (including phenoxy) is 4. The molecule has 4 heterocycles. The Labute approximate surface area is 260 Å². The number of carbonyl (C=O) groups excluding carboxylic acids is 1. The van der Waals surface area contributed by atoms with Crippen molar-refractivity contribution < 1.29 is 28.1 Å². The highest BCUT2D eigenvalue weighted by atomic mass is 35.5. The number of halogens is 2. The van der Waals surface area contributed by atoms with E-state index in [1.54, 1.807) is 18.2 Å². The van der Waals surface area contributed by atoms with Crippen molar-refractivity contribution in [1.29, 1.82) is 0 Å². The Morgan fingerprint density at radius 2 is 2.00 bits per heavy atom. The maximum Gasteiger partial charge on any atom is 0.337 e. The quantitative estimate of drug-likeness (QED) is 0.214. The van der Waals surface area contributed by atoms with Crippen molar-refractivity contribution in [2.24, 2.45) is 0 Å². The van der Waals surface area contributed by atoms with Crippen molar-refractivity contribution in [1.82, 2.24) is 14.5 Å². The Hall–Kier alpha value is -3.66. The average molecular weight is 620 g/mol. The van der Waals surface area contributed by atoms with E-state index in [9.17, 15) is 9.18 Å². The van der Waals surface area contributed by atoms with Gasteiger partial charge in [-0.25, -0.2) is 14.2 Å². The van der Waals surface area contributed by atoms with Crippen LogP contribution in [-0.2, 0) is 22.6 Å². The molecule has 8 nitrogen and oxygen atoms in total. The van der Waals surface area contributed by atoms with Crippen LogP contribution in [0.25, 0.3) is 11.0 Å². The van der Waals surface area contributed by atoms with Gasteiger partial charge in [0.15, 0.2) is 17.6 Å². The molecule has 3 aromatic carbocycles. The number of benzene rings is 3. The fourth-order valence-electron chi connectivity index (χ4n) is 6.65. The van der Waals surface area contributed by atoms with Gasteiger partial charge in [-0.3, -0.25) is 4.90 Å². The summed E-state index contributed by atoms with van der Waals surface area (Å²) in [7, 11) is 1.39. The molecule has 10 heteroatoms. The number of para-hydroxylation sites is 1. The maximum atomic E-state index is 14.7. The number of carbonyl (C=O) groups is 1. The first-order valence-electron chi connectivity index (χ1n) is 15.2. The van der Waals surface area contributed by atoms with Crippen molar-refractivity contribution in [3.05, 3.63) is 88.0 Å². The number of methoxy groups -OCH3 is 1. The van der Waals surface area contributed by atoms with Gasteiger partial charge in [0.05, 0.1) is 42.9 Å². The summed E-state index contributed by atoms with van der Waals surface area (Å²) in [6.07, 6.45) is 2.47. The fraction of sp³-hybridized carbons (Fsp3) is 0.412. The van der Waals surface area contributed by atoms with Crippen molar-refractivity contribution in [2.45, 2.75) is 63.4 Å². The van der Waals surface area contributed by atoms with Gasteiger partial charge < -0.3 is 23.5 Å². The lowest BCUT2D eigenvalue weighted by Gasteiger charge is -2.39. The Kier molecular flexibility index (Phi) is 7.95. The number of rotatable bonds is 7. The van der Waals surface area contributed by atoms with E-state index < -0.39 is 11.9 Å². The predicted octanol–water partition coefficient (Wildman–Crippen LogP) is 6.68. The molecule has 1 aromatic heterocycles. The standard InChI is InChI=1S/C34H35ClFN3O5/c1-20-14-21(25-4-3-5-30-33(25)44-31(19-43-30)26-8-7-23(35)16-27(26)36)10-12-38(20)18-32-37-28-9-6-22(34(40)41-2)15-29(28)39(32)17-24-11-13-42-24/h3-9,15-16,20-21,24,31H,10-14,17-19H2,1-2H3/t20-,21?,24-,31+/m0/s1. The van der Waals surface area contributed by atoms with Gasteiger partial charge in [0.1, 0.15) is 18.2 Å². The lowest BCUT2D eigenvalue weighted by atomic mass is 9.85. The Bertz CT molecular complexity index is 1710. The zero-order chi connectivity index (χ0) is 30.4. The van der Waals surface area contributed by atoms with Gasteiger partial charge in [-0.15, -0.1) is 0 Å². The number of esters is 1. The lowest BCUT2D eigenvalue weighted by Crippen LogP contribution is -2.40. The molecule has 2 saturated heterocycles. The molecular weight excluding hydrogens is 585 g/mol. The van der Waals surface area contributed by atoms with E-state index in [1.165, 1.54) is 13.2 Å². The molecule has 1 unspecified atom stereocenters. The van der Waals surface area contributed by atoms with Crippen LogP contribution in [0.4, 0.5) is 4.39 Å². The molecule has 7 rings (SSSR count). The van der Waals surface area contributed by atoms with Crippen LogP contribution in [0.5, 0.6) is 11.5 Å². The van der Waals surface area contributed by atoms with Crippen molar-refractivity contribution in [2.75, 3.05) is 26.9 Å². The number of likely N-dealkylation sites (tertiary alicyclic amines) is 1. The topological polar surface area (TPSA) is 75.0 Å². The predicted molar refractivity (Wildman–Crippen MR) is 164 cm³/mol. The minimum atomic E-state index is -0.550. The minimum absolute atomic E-state index is 0.146. The molecule has 230 valence electrons. The highest BCUT2D eigenvalue weighted by molar-refractivity contribution is 6.30. The number of imidazole rings is 1. The molecule has 0 saturated carbocycles. The Balaban J connectivity index is 1.10. The SMILES string of the molecule is COC(=O)c1ccc2nc(CN3CCC(c4cccc5c4O[C@@H](c4ccc(Cl)cc4F)CO5)C[C@@H]3C)n(C[C@@H]3CCO3)c2c1. The molecule has 3 aliphatic rings. The van der Waals surface area contributed by atoms with Crippen LogP contribution in [-0.4, -0.2) is 59.4 Å². The molecule has 0 spiro atoms. The number of hydrogen-bond acceptors (Lipinski definition) is 7. The summed E-state index contributed by atoms with van der Waals surface area (Å²) >= 11 is 5.98. The molecule has 0 aliphatic carbocycles. The third kappa shape index (κ3) is 5.53. The first-order chi connectivity index (χ1) is 21.4. The number of aromatic nitrogens is 2. The molecule has 2 fully saturated rings. The lowest BCUT2D eigenvalue weighted by molar-refractivity contribution is -0.0592. The molecule has 0 bridgehead atoms. The molecule has 3 aliphatic heterocycles. The Morgan fingerprint density at radius 3 is 2.75 bits per heavy atom. The molecule has 0 radical (unpaired) electrons. The number of hydrogen-bond donors (Lipinski definition) is 0. The highest BCUT2D eigenvalue weighted by Gasteiger charge is 2.34. The summed E-state index contributed by atoms with van der Waals surface area (Å²) < 4.78 is 40.2. The molecule has 4 aromatic rings. The summed E-state index contributed by atoms with van der Waals surface area (Å²) in [6, 6.07) is 16.5. The summed E-state index contributed by atoms with van der Waals surface area (Å²) in [5, 5.41) is 0.350. The third-order valence-electron chi connectivity index (χ3n) is 9.20. The van der Waals surface area contributed by atoms with E-state index in [2.05, 4.69) is 22.5 Å². The third-order valence-corrected chi connectivity index (χ3v) is 9.43. The van der Waals surface area contributed by atoms with Gasteiger partial charge in [-0.1, -0.05) is 29.8 Å². The van der Waals surface area contributed by atoms with Crippen molar-refractivity contribution >= 4 is 28.6 Å². The number of piperidine rings is 1. The van der Waals surface area contributed by atoms with Gasteiger partial charge in [-0.05, 0) is 75.0 Å². The highest BCUT2D eigenvalue weighted by Crippen LogP contribution is 2.45. The second-order valence-electron chi connectivity index (χ2n) is 11.9. The van der Waals surface area contributed by atoms with Gasteiger partial charge in [0.25, 0.3) is 0 Å². The van der Waals surface area contributed by atoms with E-state index >= 15 is 0 Å². The van der Waals surface area contributed by atoms with Gasteiger partial charge in [-0.2, -0.15) is 0 Å². The summed E-state index contributed by atoms with van der Waals surface area (Å²) in [4.78, 5) is 19.7. The Morgan fingerprint density at radius 1 is 1.14 bits per heavy atom. The smallest absolute Gasteiger partial charge is 0.337 e. The first-order valence-corrected chi connectivity index (χ1v) is 15.6. The zero-order valence-corrected chi connectivity index (χ0v) is 25.6. The van der Waals surface area contributed by atoms with Crippen molar-refractivity contribution in [3.63, 3.8) is 0 Å². The van der Waals surface area contributed by atoms with Crippen LogP contribution in [0.15, 0.2) is 54.6 Å². The molecule has 4 atom stereocenters. The number of nitrogens with zero attached hydrogens (tertiary/aromatic N) is 3. The van der Waals surface area contributed by atoms with E-state index in [-0.39, 0.29) is 30.6 Å². The van der Waals surface area contributed by atoms with E-state index in [4.69, 9.17) is 35.5 Å². The largest absolute Gasteiger partial charge is 0.485 e. The second-order valence-corrected chi connectivity index (χ2v) is 12.4. The van der Waals surface area contributed by atoms with Gasteiger partial charge >= 0.3 is 5.97 Å². The fourth-order valence-corrected chi connectivity index (χ4v) is 6.80. The van der Waals surface area contributed by atoms with E-state index in [0.717, 1.165) is 54.8 Å². The summed E-state index contributed by atoms with van der Waals surface area (Å²) in [6.45, 7) is 5.53. The van der Waals surface area contributed by atoms with Crippen LogP contribution >= 0.6 is 11.6 Å². The average Bonchev–Trinajstić information content (AvgIpc) is 3.34. The van der Waals surface area contributed by atoms with Gasteiger partial charge in [0, 0.05) is 28.8 Å². The molecule has 0 N–H and O–H groups in total. The van der Waals surface area contributed by atoms with Gasteiger partial charge in [0.2, 0.25) is 0 Å². The number of fused-ring (bicyclic) bond motifs is 2. The van der Waals surface area contributed by atoms with Crippen LogP contribution in [0.1, 0.15) is 65.5 Å². The van der Waals surface area contributed by atoms with E-state index in [0.29, 0.717) is 40.7 Å². The summed E-state index contributed by atoms with van der Waals surface area (Å²) in [5.74, 6) is 1.86. The first kappa shape index (κ1) is 29.1. The minimum Gasteiger partial charge on any atom is -0.485 e. The van der Waals surface area contributed by atoms with Crippen LogP contribution in [0.2, 0.25) is 5.02 Å². The van der Waals surface area contributed by atoms with Crippen LogP contribution in [0.3, 0.4) is 0 Å². The van der Waals surface area contributed by atoms with Crippen molar-refractivity contribution in [3.8, 4) is 11.5 Å². The monoisotopic (exact) mass is 619 g/mol. The maximum absolute atomic E-state index is 14.7. The summed E-state index contributed by atoms with van der Waals surface area (Å²) in [5.41, 5.74) is 3.81. The second kappa shape index (κ2) is 12.0. The van der Waals surface area contributed by atoms with Crippen LogP contribution in [0, 0.1) is 5.82 Å².